The Labute approximate surface area is 124 Å². The third-order valence-electron chi connectivity index (χ3n) is 2.96. The zero-order chi connectivity index (χ0) is 14.4. The molecule has 2 rings (SSSR count). The van der Waals surface area contributed by atoms with Gasteiger partial charge in [0, 0.05) is 25.2 Å². The van der Waals surface area contributed by atoms with E-state index >= 15 is 0 Å². The van der Waals surface area contributed by atoms with E-state index in [1.54, 1.807) is 0 Å². The van der Waals surface area contributed by atoms with Crippen LogP contribution < -0.4 is 10.2 Å². The molecule has 1 aromatic carbocycles. The fourth-order valence-electron chi connectivity index (χ4n) is 1.89. The second kappa shape index (κ2) is 7.22. The van der Waals surface area contributed by atoms with Gasteiger partial charge in [0.2, 0.25) is 0 Å². The molecular formula is C15H19ClN4. The van der Waals surface area contributed by atoms with Gasteiger partial charge in [0.25, 0.3) is 0 Å². The summed E-state index contributed by atoms with van der Waals surface area (Å²) in [5.41, 5.74) is 2.10. The molecule has 1 N–H and O–H groups in total. The van der Waals surface area contributed by atoms with Crippen LogP contribution in [0.5, 0.6) is 0 Å². The number of benzene rings is 1. The minimum Gasteiger partial charge on any atom is -0.354 e. The Bertz CT molecular complexity index is 542. The highest BCUT2D eigenvalue weighted by molar-refractivity contribution is 6.30. The molecule has 0 amide bonds. The summed E-state index contributed by atoms with van der Waals surface area (Å²) < 4.78 is 0. The molecule has 0 aliphatic rings. The lowest BCUT2D eigenvalue weighted by molar-refractivity contribution is 0.696. The zero-order valence-corrected chi connectivity index (χ0v) is 12.6. The third-order valence-corrected chi connectivity index (χ3v) is 3.20. The summed E-state index contributed by atoms with van der Waals surface area (Å²) in [5.74, 6) is 0.852. The first-order valence-electron chi connectivity index (χ1n) is 6.68. The van der Waals surface area contributed by atoms with Crippen LogP contribution >= 0.6 is 11.6 Å². The van der Waals surface area contributed by atoms with E-state index in [9.17, 15) is 0 Å². The molecule has 0 unspecified atom stereocenters. The van der Waals surface area contributed by atoms with Crippen molar-refractivity contribution in [3.8, 4) is 0 Å². The highest BCUT2D eigenvalue weighted by Gasteiger charge is 2.05. The Morgan fingerprint density at radius 1 is 1.20 bits per heavy atom. The maximum atomic E-state index is 5.99. The minimum absolute atomic E-state index is 0.752. The van der Waals surface area contributed by atoms with E-state index in [2.05, 4.69) is 33.4 Å². The zero-order valence-electron chi connectivity index (χ0n) is 11.8. The van der Waals surface area contributed by atoms with Crippen molar-refractivity contribution in [3.05, 3.63) is 52.7 Å². The molecule has 0 bridgehead atoms. The summed E-state index contributed by atoms with van der Waals surface area (Å²) in [6.45, 7) is 4.50. The van der Waals surface area contributed by atoms with Crippen molar-refractivity contribution in [1.82, 2.24) is 15.5 Å². The van der Waals surface area contributed by atoms with Gasteiger partial charge in [-0.05, 0) is 36.4 Å². The van der Waals surface area contributed by atoms with Gasteiger partial charge < -0.3 is 10.2 Å². The number of anilines is 1. The van der Waals surface area contributed by atoms with Crippen molar-refractivity contribution in [2.45, 2.75) is 20.0 Å². The molecule has 0 fully saturated rings. The Morgan fingerprint density at radius 2 is 2.05 bits per heavy atom. The van der Waals surface area contributed by atoms with E-state index < -0.39 is 0 Å². The van der Waals surface area contributed by atoms with Gasteiger partial charge in [-0.2, -0.15) is 5.10 Å². The number of hydrogen-bond donors (Lipinski definition) is 1. The van der Waals surface area contributed by atoms with E-state index in [0.29, 0.717) is 0 Å². The predicted molar refractivity (Wildman–Crippen MR) is 83.0 cm³/mol. The molecule has 0 aliphatic heterocycles. The van der Waals surface area contributed by atoms with Crippen molar-refractivity contribution in [1.29, 1.82) is 0 Å². The average Bonchev–Trinajstić information content (AvgIpc) is 2.45. The lowest BCUT2D eigenvalue weighted by Crippen LogP contribution is -2.19. The number of rotatable bonds is 6. The van der Waals surface area contributed by atoms with Crippen LogP contribution in [0.4, 0.5) is 5.82 Å². The van der Waals surface area contributed by atoms with Crippen molar-refractivity contribution < 1.29 is 0 Å². The molecule has 1 heterocycles. The number of hydrogen-bond acceptors (Lipinski definition) is 4. The molecule has 20 heavy (non-hydrogen) atoms. The molecule has 0 radical (unpaired) electrons. The first kappa shape index (κ1) is 14.8. The Morgan fingerprint density at radius 3 is 2.70 bits per heavy atom. The van der Waals surface area contributed by atoms with Crippen LogP contribution in [0, 0.1) is 0 Å². The van der Waals surface area contributed by atoms with Gasteiger partial charge in [0.1, 0.15) is 0 Å². The number of aromatic nitrogens is 2. The molecule has 0 aliphatic carbocycles. The lowest BCUT2D eigenvalue weighted by Gasteiger charge is -2.17. The van der Waals surface area contributed by atoms with Crippen LogP contribution in [0.15, 0.2) is 36.4 Å². The van der Waals surface area contributed by atoms with Crippen LogP contribution in [0.1, 0.15) is 18.2 Å². The van der Waals surface area contributed by atoms with Gasteiger partial charge in [0.15, 0.2) is 5.82 Å². The quantitative estimate of drug-likeness (QED) is 0.888. The molecule has 0 saturated carbocycles. The average molecular weight is 291 g/mol. The number of nitrogens with one attached hydrogen (secondary N) is 1. The maximum Gasteiger partial charge on any atom is 0.151 e. The Balaban J connectivity index is 2.00. The molecular weight excluding hydrogens is 272 g/mol. The molecule has 0 saturated heterocycles. The smallest absolute Gasteiger partial charge is 0.151 e. The van der Waals surface area contributed by atoms with Crippen LogP contribution in [0.3, 0.4) is 0 Å². The summed E-state index contributed by atoms with van der Waals surface area (Å²) >= 11 is 5.99. The van der Waals surface area contributed by atoms with Gasteiger partial charge in [-0.1, -0.05) is 30.7 Å². The van der Waals surface area contributed by atoms with Crippen molar-refractivity contribution in [2.24, 2.45) is 0 Å². The summed E-state index contributed by atoms with van der Waals surface area (Å²) in [4.78, 5) is 2.05. The summed E-state index contributed by atoms with van der Waals surface area (Å²) in [7, 11) is 1.99. The molecule has 0 atom stereocenters. The van der Waals surface area contributed by atoms with Gasteiger partial charge in [-0.3, -0.25) is 0 Å². The highest BCUT2D eigenvalue weighted by atomic mass is 35.5. The molecule has 2 aromatic rings. The van der Waals surface area contributed by atoms with E-state index in [-0.39, 0.29) is 0 Å². The first-order chi connectivity index (χ1) is 9.69. The second-order valence-electron chi connectivity index (χ2n) is 4.65. The van der Waals surface area contributed by atoms with Crippen LogP contribution in [0.25, 0.3) is 0 Å². The molecule has 4 nitrogen and oxygen atoms in total. The van der Waals surface area contributed by atoms with E-state index in [1.165, 1.54) is 0 Å². The summed E-state index contributed by atoms with van der Waals surface area (Å²) in [5, 5.41) is 12.5. The van der Waals surface area contributed by atoms with E-state index in [4.69, 9.17) is 11.6 Å². The van der Waals surface area contributed by atoms with Crippen LogP contribution in [-0.4, -0.2) is 23.8 Å². The van der Waals surface area contributed by atoms with Crippen LogP contribution in [0.2, 0.25) is 5.02 Å². The standard InChI is InChI=1S/C15H19ClN4/c1-3-17-10-14-7-8-15(19-18-14)20(2)11-12-5-4-6-13(16)9-12/h4-9,17H,3,10-11H2,1-2H3. The van der Waals surface area contributed by atoms with E-state index in [1.807, 2.05) is 37.4 Å². The first-order valence-corrected chi connectivity index (χ1v) is 7.05. The molecule has 0 spiro atoms. The van der Waals surface area contributed by atoms with Crippen molar-refractivity contribution in [2.75, 3.05) is 18.5 Å². The number of halogens is 1. The SMILES string of the molecule is CCNCc1ccc(N(C)Cc2cccc(Cl)c2)nn1. The molecule has 1 aromatic heterocycles. The van der Waals surface area contributed by atoms with Crippen molar-refractivity contribution >= 4 is 17.4 Å². The number of nitrogens with zero attached hydrogens (tertiary/aromatic N) is 3. The largest absolute Gasteiger partial charge is 0.354 e. The Hall–Kier alpha value is -1.65. The highest BCUT2D eigenvalue weighted by Crippen LogP contribution is 2.15. The summed E-state index contributed by atoms with van der Waals surface area (Å²) in [6.07, 6.45) is 0. The fraction of sp³-hybridized carbons (Fsp3) is 0.333. The van der Waals surface area contributed by atoms with Crippen molar-refractivity contribution in [3.63, 3.8) is 0 Å². The van der Waals surface area contributed by atoms with Gasteiger partial charge >= 0.3 is 0 Å². The summed E-state index contributed by atoms with van der Waals surface area (Å²) in [6, 6.07) is 11.8. The minimum atomic E-state index is 0.752. The second-order valence-corrected chi connectivity index (χ2v) is 5.09. The van der Waals surface area contributed by atoms with Crippen LogP contribution in [-0.2, 0) is 13.1 Å². The normalized spacial score (nSPS) is 10.6. The van der Waals surface area contributed by atoms with E-state index in [0.717, 1.165) is 41.7 Å². The third kappa shape index (κ3) is 4.18. The molecule has 106 valence electrons. The predicted octanol–water partition coefficient (Wildman–Crippen LogP) is 2.88. The topological polar surface area (TPSA) is 41.0 Å². The lowest BCUT2D eigenvalue weighted by atomic mass is 10.2. The Kier molecular flexibility index (Phi) is 5.32. The van der Waals surface area contributed by atoms with Gasteiger partial charge in [-0.15, -0.1) is 5.10 Å². The fourth-order valence-corrected chi connectivity index (χ4v) is 2.11. The van der Waals surface area contributed by atoms with Gasteiger partial charge in [-0.25, -0.2) is 0 Å². The molecule has 5 heteroatoms. The van der Waals surface area contributed by atoms with Gasteiger partial charge in [0.05, 0.1) is 5.69 Å². The maximum absolute atomic E-state index is 5.99. The monoisotopic (exact) mass is 290 g/mol.